The minimum atomic E-state index is -1.36. The van der Waals surface area contributed by atoms with Gasteiger partial charge in [0.2, 0.25) is 5.95 Å². The predicted octanol–water partition coefficient (Wildman–Crippen LogP) is 5.03. The molecule has 5 rings (SSSR count). The van der Waals surface area contributed by atoms with Crippen molar-refractivity contribution < 1.29 is 19.4 Å². The number of ether oxygens (including phenoxy) is 1. The molecule has 9 nitrogen and oxygen atoms in total. The summed E-state index contributed by atoms with van der Waals surface area (Å²) in [4.78, 5) is 38.1. The molecule has 0 radical (unpaired) electrons. The molecule has 0 unspecified atom stereocenters. The van der Waals surface area contributed by atoms with Crippen molar-refractivity contribution in [2.24, 2.45) is 0 Å². The highest BCUT2D eigenvalue weighted by Crippen LogP contribution is 2.41. The van der Waals surface area contributed by atoms with Gasteiger partial charge in [0.05, 0.1) is 16.6 Å². The molecule has 2 N–H and O–H groups in total. The molecule has 3 aromatic rings. The summed E-state index contributed by atoms with van der Waals surface area (Å²) in [6, 6.07) is 14.1. The largest absolute Gasteiger partial charge is 0.511 e. The summed E-state index contributed by atoms with van der Waals surface area (Å²) >= 11 is 6.46. The number of nitrogens with zero attached hydrogens (tertiary/aromatic N) is 4. The van der Waals surface area contributed by atoms with Gasteiger partial charge in [0.25, 0.3) is 5.91 Å². The monoisotopic (exact) mass is 521 g/mol. The van der Waals surface area contributed by atoms with Gasteiger partial charge in [-0.05, 0) is 67.1 Å². The number of anilines is 2. The molecular formula is C27H28ClN5O4. The lowest BCUT2D eigenvalue weighted by Crippen LogP contribution is -2.49. The Morgan fingerprint density at radius 3 is 2.65 bits per heavy atom. The molecule has 1 aliphatic heterocycles. The number of amides is 1. The van der Waals surface area contributed by atoms with Gasteiger partial charge in [-0.25, -0.2) is 9.78 Å². The Kier molecular flexibility index (Phi) is 7.14. The first-order chi connectivity index (χ1) is 17.9. The second-order valence-electron chi connectivity index (χ2n) is 9.18. The molecule has 192 valence electrons. The molecule has 0 saturated carbocycles. The summed E-state index contributed by atoms with van der Waals surface area (Å²) in [5.74, 6) is 1.55. The van der Waals surface area contributed by atoms with Gasteiger partial charge in [-0.3, -0.25) is 4.79 Å². The average Bonchev–Trinajstić information content (AvgIpc) is 3.32. The van der Waals surface area contributed by atoms with E-state index in [2.05, 4.69) is 20.2 Å². The SMILES string of the molecule is CNc1nccc(N2CCC(N(C(=O)c3ccccc3Cl)[C@@H]3CCc4ccc(OC(=O)O)cc43)CC2)n1. The Labute approximate surface area is 220 Å². The fourth-order valence-electron chi connectivity index (χ4n) is 5.37. The number of fused-ring (bicyclic) bond motifs is 1. The topological polar surface area (TPSA) is 108 Å². The maximum Gasteiger partial charge on any atom is 0.511 e. The number of carbonyl (C=O) groups excluding carboxylic acids is 1. The lowest BCUT2D eigenvalue weighted by atomic mass is 9.96. The summed E-state index contributed by atoms with van der Waals surface area (Å²) in [6.07, 6.45) is 3.43. The summed E-state index contributed by atoms with van der Waals surface area (Å²) in [6.45, 7) is 1.47. The van der Waals surface area contributed by atoms with Crippen molar-refractivity contribution in [3.8, 4) is 5.75 Å². The number of carboxylic acid groups (broad SMARTS) is 1. The zero-order valence-corrected chi connectivity index (χ0v) is 21.2. The van der Waals surface area contributed by atoms with Gasteiger partial charge in [-0.2, -0.15) is 4.98 Å². The third kappa shape index (κ3) is 5.17. The third-order valence-electron chi connectivity index (χ3n) is 7.09. The number of benzene rings is 2. The quantitative estimate of drug-likeness (QED) is 0.343. The first kappa shape index (κ1) is 24.8. The summed E-state index contributed by atoms with van der Waals surface area (Å²) in [7, 11) is 1.79. The Morgan fingerprint density at radius 2 is 1.92 bits per heavy atom. The van der Waals surface area contributed by atoms with E-state index in [-0.39, 0.29) is 23.7 Å². The van der Waals surface area contributed by atoms with Crippen LogP contribution in [0.1, 0.15) is 46.8 Å². The van der Waals surface area contributed by atoms with Crippen LogP contribution in [0.2, 0.25) is 5.02 Å². The average molecular weight is 522 g/mol. The Hall–Kier alpha value is -3.85. The molecular weight excluding hydrogens is 494 g/mol. The van der Waals surface area contributed by atoms with Gasteiger partial charge < -0.3 is 25.0 Å². The van der Waals surface area contributed by atoms with E-state index in [1.807, 2.05) is 29.2 Å². The van der Waals surface area contributed by atoms with Gasteiger partial charge in [0.15, 0.2) is 0 Å². The first-order valence-corrected chi connectivity index (χ1v) is 12.7. The van der Waals surface area contributed by atoms with E-state index in [1.165, 1.54) is 0 Å². The number of aromatic nitrogens is 2. The summed E-state index contributed by atoms with van der Waals surface area (Å²) < 4.78 is 4.93. The summed E-state index contributed by atoms with van der Waals surface area (Å²) in [5.41, 5.74) is 2.49. The van der Waals surface area contributed by atoms with Crippen LogP contribution in [0, 0.1) is 0 Å². The Balaban J connectivity index is 1.45. The Bertz CT molecular complexity index is 1310. The minimum Gasteiger partial charge on any atom is -0.449 e. The number of nitrogens with one attached hydrogen (secondary N) is 1. The van der Waals surface area contributed by atoms with Gasteiger partial charge in [0, 0.05) is 32.4 Å². The summed E-state index contributed by atoms with van der Waals surface area (Å²) in [5, 5.41) is 12.5. The lowest BCUT2D eigenvalue weighted by molar-refractivity contribution is 0.0528. The highest BCUT2D eigenvalue weighted by molar-refractivity contribution is 6.33. The van der Waals surface area contributed by atoms with Crippen molar-refractivity contribution in [1.82, 2.24) is 14.9 Å². The normalized spacial score (nSPS) is 17.2. The van der Waals surface area contributed by atoms with E-state index in [0.717, 1.165) is 55.7 Å². The number of hydrogen-bond acceptors (Lipinski definition) is 7. The molecule has 1 fully saturated rings. The van der Waals surface area contributed by atoms with Crippen LogP contribution in [0.25, 0.3) is 0 Å². The molecule has 2 aliphatic rings. The number of aryl methyl sites for hydroxylation is 1. The van der Waals surface area contributed by atoms with Crippen LogP contribution >= 0.6 is 11.6 Å². The molecule has 1 saturated heterocycles. The van der Waals surface area contributed by atoms with Crippen molar-refractivity contribution >= 4 is 35.4 Å². The number of rotatable bonds is 6. The number of hydrogen-bond donors (Lipinski definition) is 2. The highest BCUT2D eigenvalue weighted by Gasteiger charge is 2.38. The van der Waals surface area contributed by atoms with Crippen molar-refractivity contribution in [1.29, 1.82) is 0 Å². The standard InChI is InChI=1S/C27H28ClN5O4/c1-29-26-30-13-10-24(31-26)32-14-11-18(12-15-32)33(25(34)20-4-2-3-5-22(20)28)23-9-7-17-6-8-19(16-21(17)23)37-27(35)36/h2-6,8,10,13,16,18,23H,7,9,11-12,14-15H2,1H3,(H,35,36)(H,29,30,31)/t23-/m1/s1. The fraction of sp³-hybridized carbons (Fsp3) is 0.333. The second-order valence-corrected chi connectivity index (χ2v) is 9.59. The molecule has 1 aliphatic carbocycles. The lowest BCUT2D eigenvalue weighted by Gasteiger charge is -2.42. The molecule has 1 atom stereocenters. The number of halogens is 1. The van der Waals surface area contributed by atoms with Gasteiger partial charge in [-0.15, -0.1) is 0 Å². The molecule has 1 amide bonds. The van der Waals surface area contributed by atoms with Crippen molar-refractivity contribution in [2.75, 3.05) is 30.4 Å². The first-order valence-electron chi connectivity index (χ1n) is 12.3. The van der Waals surface area contributed by atoms with Crippen LogP contribution in [0.4, 0.5) is 16.6 Å². The number of piperidine rings is 1. The van der Waals surface area contributed by atoms with E-state index >= 15 is 0 Å². The van der Waals surface area contributed by atoms with Gasteiger partial charge in [0.1, 0.15) is 11.6 Å². The predicted molar refractivity (Wildman–Crippen MR) is 141 cm³/mol. The molecule has 2 heterocycles. The van der Waals surface area contributed by atoms with E-state index in [0.29, 0.717) is 16.5 Å². The second kappa shape index (κ2) is 10.6. The maximum absolute atomic E-state index is 14.0. The van der Waals surface area contributed by atoms with Crippen LogP contribution in [0.15, 0.2) is 54.7 Å². The minimum absolute atomic E-state index is 0.0226. The fourth-order valence-corrected chi connectivity index (χ4v) is 5.58. The van der Waals surface area contributed by atoms with Crippen LogP contribution in [-0.2, 0) is 6.42 Å². The molecule has 37 heavy (non-hydrogen) atoms. The van der Waals surface area contributed by atoms with Crippen molar-refractivity contribution in [3.63, 3.8) is 0 Å². The molecule has 0 bridgehead atoms. The molecule has 0 spiro atoms. The van der Waals surface area contributed by atoms with E-state index < -0.39 is 6.16 Å². The molecule has 2 aromatic carbocycles. The molecule has 1 aromatic heterocycles. The third-order valence-corrected chi connectivity index (χ3v) is 7.42. The van der Waals surface area contributed by atoms with E-state index in [9.17, 15) is 9.59 Å². The van der Waals surface area contributed by atoms with Crippen LogP contribution < -0.4 is 15.0 Å². The Morgan fingerprint density at radius 1 is 1.14 bits per heavy atom. The highest BCUT2D eigenvalue weighted by atomic mass is 35.5. The van der Waals surface area contributed by atoms with Crippen LogP contribution in [-0.4, -0.2) is 58.2 Å². The van der Waals surface area contributed by atoms with Crippen molar-refractivity contribution in [2.45, 2.75) is 37.8 Å². The van der Waals surface area contributed by atoms with Crippen molar-refractivity contribution in [3.05, 3.63) is 76.4 Å². The van der Waals surface area contributed by atoms with Gasteiger partial charge in [-0.1, -0.05) is 29.8 Å². The zero-order valence-electron chi connectivity index (χ0n) is 20.4. The van der Waals surface area contributed by atoms with Gasteiger partial charge >= 0.3 is 6.16 Å². The molecule has 10 heteroatoms. The van der Waals surface area contributed by atoms with E-state index in [1.54, 1.807) is 37.5 Å². The van der Waals surface area contributed by atoms with E-state index in [4.69, 9.17) is 21.4 Å². The number of carbonyl (C=O) groups is 2. The van der Waals surface area contributed by atoms with Crippen LogP contribution in [0.5, 0.6) is 5.75 Å². The smallest absolute Gasteiger partial charge is 0.449 e. The van der Waals surface area contributed by atoms with Crippen LogP contribution in [0.3, 0.4) is 0 Å². The zero-order chi connectivity index (χ0) is 25.9. The maximum atomic E-state index is 14.0.